The smallest absolute Gasteiger partial charge is 0.389 e. The van der Waals surface area contributed by atoms with Crippen molar-refractivity contribution in [3.63, 3.8) is 0 Å². The van der Waals surface area contributed by atoms with Crippen LogP contribution in [0.1, 0.15) is 37.3 Å². The van der Waals surface area contributed by atoms with Gasteiger partial charge in [0.15, 0.2) is 0 Å². The maximum Gasteiger partial charge on any atom is 0.417 e. The van der Waals surface area contributed by atoms with E-state index in [4.69, 9.17) is 18.0 Å². The monoisotopic (exact) mass is 316 g/mol. The number of nitrogens with zero attached hydrogens (tertiary/aromatic N) is 1. The van der Waals surface area contributed by atoms with E-state index in [9.17, 15) is 13.2 Å². The van der Waals surface area contributed by atoms with Crippen LogP contribution in [-0.2, 0) is 6.18 Å². The number of nitrogens with two attached hydrogens (primary N) is 1. The molecule has 6 heteroatoms. The van der Waals surface area contributed by atoms with Gasteiger partial charge in [-0.1, -0.05) is 19.1 Å². The van der Waals surface area contributed by atoms with Crippen LogP contribution in [-0.4, -0.2) is 18.1 Å². The number of rotatable bonds is 6. The predicted molar refractivity (Wildman–Crippen MR) is 82.6 cm³/mol. The summed E-state index contributed by atoms with van der Waals surface area (Å²) in [6.45, 7) is 3.59. The van der Waals surface area contributed by atoms with Crippen molar-refractivity contribution in [3.8, 4) is 0 Å². The zero-order valence-corrected chi connectivity index (χ0v) is 12.7. The summed E-state index contributed by atoms with van der Waals surface area (Å²) in [6.07, 6.45) is -1.23. The molecule has 2 N–H and O–H groups in total. The maximum absolute atomic E-state index is 13.2. The van der Waals surface area contributed by atoms with Crippen LogP contribution < -0.4 is 10.6 Å². The molecule has 0 radical (unpaired) electrons. The first-order valence-corrected chi connectivity index (χ1v) is 7.49. The summed E-state index contributed by atoms with van der Waals surface area (Å²) in [7, 11) is 0. The third-order valence-corrected chi connectivity index (χ3v) is 3.83. The van der Waals surface area contributed by atoms with Crippen molar-refractivity contribution in [1.29, 1.82) is 0 Å². The lowest BCUT2D eigenvalue weighted by atomic mass is 10.0. The molecule has 116 valence electrons. The van der Waals surface area contributed by atoms with Gasteiger partial charge in [0.2, 0.25) is 0 Å². The zero-order chi connectivity index (χ0) is 15.6. The Kier molecular flexibility index (Phi) is 4.76. The second kappa shape index (κ2) is 6.22. The average Bonchev–Trinajstić information content (AvgIpc) is 3.20. The van der Waals surface area contributed by atoms with Gasteiger partial charge in [0.05, 0.1) is 5.56 Å². The van der Waals surface area contributed by atoms with E-state index in [1.54, 1.807) is 6.07 Å². The minimum Gasteiger partial charge on any atom is -0.389 e. The molecular weight excluding hydrogens is 297 g/mol. The van der Waals surface area contributed by atoms with E-state index < -0.39 is 11.7 Å². The van der Waals surface area contributed by atoms with Crippen molar-refractivity contribution in [2.24, 2.45) is 11.7 Å². The average molecular weight is 316 g/mol. The Morgan fingerprint density at radius 1 is 1.38 bits per heavy atom. The van der Waals surface area contributed by atoms with Crippen molar-refractivity contribution in [2.45, 2.75) is 32.4 Å². The highest BCUT2D eigenvalue weighted by Gasteiger charge is 2.35. The lowest BCUT2D eigenvalue weighted by Crippen LogP contribution is -2.27. The third-order valence-electron chi connectivity index (χ3n) is 3.61. The molecule has 1 saturated carbocycles. The number of hydrogen-bond acceptors (Lipinski definition) is 2. The van der Waals surface area contributed by atoms with Gasteiger partial charge in [-0.15, -0.1) is 0 Å². The van der Waals surface area contributed by atoms with Crippen molar-refractivity contribution in [1.82, 2.24) is 0 Å². The highest BCUT2D eigenvalue weighted by molar-refractivity contribution is 7.80. The molecule has 1 aromatic carbocycles. The largest absolute Gasteiger partial charge is 0.417 e. The van der Waals surface area contributed by atoms with E-state index in [1.165, 1.54) is 12.1 Å². The Morgan fingerprint density at radius 3 is 2.52 bits per heavy atom. The van der Waals surface area contributed by atoms with E-state index >= 15 is 0 Å². The third kappa shape index (κ3) is 4.09. The number of anilines is 1. The Morgan fingerprint density at radius 2 is 2.05 bits per heavy atom. The first-order valence-electron chi connectivity index (χ1n) is 7.09. The number of benzene rings is 1. The second-order valence-electron chi connectivity index (χ2n) is 5.48. The van der Waals surface area contributed by atoms with Crippen LogP contribution in [0.5, 0.6) is 0 Å². The van der Waals surface area contributed by atoms with Crippen LogP contribution >= 0.6 is 12.2 Å². The lowest BCUT2D eigenvalue weighted by Gasteiger charge is -2.26. The van der Waals surface area contributed by atoms with Gasteiger partial charge < -0.3 is 10.6 Å². The highest BCUT2D eigenvalue weighted by Crippen LogP contribution is 2.36. The summed E-state index contributed by atoms with van der Waals surface area (Å²) in [4.78, 5) is 1.80. The molecule has 2 rings (SSSR count). The maximum atomic E-state index is 13.2. The fourth-order valence-electron chi connectivity index (χ4n) is 2.39. The van der Waals surface area contributed by atoms with Gasteiger partial charge in [-0.2, -0.15) is 13.2 Å². The normalized spacial score (nSPS) is 15.0. The first kappa shape index (κ1) is 16.1. The second-order valence-corrected chi connectivity index (χ2v) is 5.92. The highest BCUT2D eigenvalue weighted by atomic mass is 32.1. The van der Waals surface area contributed by atoms with Crippen LogP contribution in [0.15, 0.2) is 18.2 Å². The summed E-state index contributed by atoms with van der Waals surface area (Å²) in [5, 5.41) is 0. The summed E-state index contributed by atoms with van der Waals surface area (Å²) >= 11 is 4.72. The molecule has 0 heterocycles. The van der Waals surface area contributed by atoms with Crippen LogP contribution in [0.3, 0.4) is 0 Å². The van der Waals surface area contributed by atoms with E-state index in [2.05, 4.69) is 0 Å². The molecule has 1 aliphatic rings. The number of hydrogen-bond donors (Lipinski definition) is 1. The van der Waals surface area contributed by atoms with Crippen molar-refractivity contribution < 1.29 is 13.2 Å². The molecule has 0 unspecified atom stereocenters. The molecule has 0 amide bonds. The predicted octanol–water partition coefficient (Wildman–Crippen LogP) is 3.97. The fraction of sp³-hybridized carbons (Fsp3) is 0.533. The van der Waals surface area contributed by atoms with Gasteiger partial charge in [-0.3, -0.25) is 0 Å². The molecule has 0 atom stereocenters. The van der Waals surface area contributed by atoms with Gasteiger partial charge in [-0.25, -0.2) is 0 Å². The van der Waals surface area contributed by atoms with Crippen molar-refractivity contribution in [2.75, 3.05) is 18.0 Å². The minimum absolute atomic E-state index is 0.107. The molecular formula is C15H19F3N2S. The lowest BCUT2D eigenvalue weighted by molar-refractivity contribution is -0.137. The van der Waals surface area contributed by atoms with Gasteiger partial charge in [0.25, 0.3) is 0 Å². The molecule has 1 aromatic rings. The fourth-order valence-corrected chi connectivity index (χ4v) is 2.56. The first-order chi connectivity index (χ1) is 9.82. The van der Waals surface area contributed by atoms with Gasteiger partial charge >= 0.3 is 6.18 Å². The Labute approximate surface area is 128 Å². The van der Waals surface area contributed by atoms with Gasteiger partial charge in [0, 0.05) is 24.3 Å². The standard InChI is InChI=1S/C15H19F3N2S/c1-2-7-20(9-10-3-4-10)11-5-6-12(14(19)21)13(8-11)15(16,17)18/h5-6,8,10H,2-4,7,9H2,1H3,(H2,19,21). The van der Waals surface area contributed by atoms with Crippen molar-refractivity contribution >= 4 is 22.9 Å². The van der Waals surface area contributed by atoms with E-state index in [-0.39, 0.29) is 10.6 Å². The summed E-state index contributed by atoms with van der Waals surface area (Å²) in [5.74, 6) is 0.612. The molecule has 0 saturated heterocycles. The molecule has 0 aromatic heterocycles. The van der Waals surface area contributed by atoms with E-state index in [1.807, 2.05) is 11.8 Å². The quantitative estimate of drug-likeness (QED) is 0.805. The van der Waals surface area contributed by atoms with Crippen LogP contribution in [0.4, 0.5) is 18.9 Å². The number of thiocarbonyl (C=S) groups is 1. The molecule has 21 heavy (non-hydrogen) atoms. The van der Waals surface area contributed by atoms with E-state index in [0.29, 0.717) is 11.6 Å². The van der Waals surface area contributed by atoms with Crippen LogP contribution in [0.2, 0.25) is 0 Å². The molecule has 0 aliphatic heterocycles. The van der Waals surface area contributed by atoms with Crippen molar-refractivity contribution in [3.05, 3.63) is 29.3 Å². The van der Waals surface area contributed by atoms with Gasteiger partial charge in [-0.05, 0) is 43.4 Å². The molecule has 0 bridgehead atoms. The van der Waals surface area contributed by atoms with Crippen LogP contribution in [0, 0.1) is 5.92 Å². The Hall–Kier alpha value is -1.30. The van der Waals surface area contributed by atoms with Gasteiger partial charge in [0.1, 0.15) is 4.99 Å². The SMILES string of the molecule is CCCN(CC1CC1)c1ccc(C(N)=S)c(C(F)(F)F)c1. The summed E-state index contributed by atoms with van der Waals surface area (Å²) in [6, 6.07) is 4.24. The van der Waals surface area contributed by atoms with Crippen LogP contribution in [0.25, 0.3) is 0 Å². The zero-order valence-electron chi connectivity index (χ0n) is 11.9. The Bertz CT molecular complexity index is 524. The molecule has 1 fully saturated rings. The Balaban J connectivity index is 2.36. The number of alkyl halides is 3. The summed E-state index contributed by atoms with van der Waals surface area (Å²) in [5.41, 5.74) is 5.15. The molecule has 0 spiro atoms. The molecule has 2 nitrogen and oxygen atoms in total. The minimum atomic E-state index is -4.45. The van der Waals surface area contributed by atoms with E-state index in [0.717, 1.165) is 32.4 Å². The topological polar surface area (TPSA) is 29.3 Å². The number of halogens is 3. The summed E-state index contributed by atoms with van der Waals surface area (Å²) < 4.78 is 39.5. The molecule has 1 aliphatic carbocycles.